The summed E-state index contributed by atoms with van der Waals surface area (Å²) in [5.74, 6) is -1.65. The average molecular weight is 259 g/mol. The van der Waals surface area contributed by atoms with Crippen LogP contribution in [0.15, 0.2) is 0 Å². The Hall–Kier alpha value is -1.14. The Labute approximate surface area is 106 Å². The number of carboxylic acids is 1. The summed E-state index contributed by atoms with van der Waals surface area (Å²) in [5, 5.41) is 20.7. The lowest BCUT2D eigenvalue weighted by Crippen LogP contribution is -2.41. The van der Waals surface area contributed by atoms with Gasteiger partial charge in [0.1, 0.15) is 0 Å². The van der Waals surface area contributed by atoms with Crippen LogP contribution in [0.4, 0.5) is 0 Å². The molecule has 0 aromatic heterocycles. The van der Waals surface area contributed by atoms with Gasteiger partial charge < -0.3 is 20.3 Å². The van der Waals surface area contributed by atoms with Gasteiger partial charge >= 0.3 is 5.97 Å². The topological polar surface area (TPSA) is 95.9 Å². The Morgan fingerprint density at radius 3 is 2.56 bits per heavy atom. The lowest BCUT2D eigenvalue weighted by Gasteiger charge is -2.18. The number of amides is 1. The van der Waals surface area contributed by atoms with E-state index < -0.39 is 11.9 Å². The van der Waals surface area contributed by atoms with Gasteiger partial charge in [0.25, 0.3) is 0 Å². The second kappa shape index (κ2) is 7.33. The van der Waals surface area contributed by atoms with Crippen molar-refractivity contribution >= 4 is 11.9 Å². The first-order valence-corrected chi connectivity index (χ1v) is 6.21. The predicted molar refractivity (Wildman–Crippen MR) is 64.0 cm³/mol. The average Bonchev–Trinajstić information content (AvgIpc) is 2.83. The fraction of sp³-hybridized carbons (Fsp3) is 0.833. The first kappa shape index (κ1) is 14.9. The van der Waals surface area contributed by atoms with Gasteiger partial charge in [-0.1, -0.05) is 0 Å². The first-order chi connectivity index (χ1) is 8.58. The maximum Gasteiger partial charge on any atom is 0.306 e. The Morgan fingerprint density at radius 1 is 1.39 bits per heavy atom. The van der Waals surface area contributed by atoms with Crippen molar-refractivity contribution in [1.29, 1.82) is 0 Å². The molecule has 0 saturated heterocycles. The highest BCUT2D eigenvalue weighted by atomic mass is 16.5. The van der Waals surface area contributed by atoms with Gasteiger partial charge in [-0.2, -0.15) is 0 Å². The van der Waals surface area contributed by atoms with Crippen LogP contribution in [-0.2, 0) is 14.3 Å². The number of carbonyl (C=O) groups is 2. The number of aliphatic hydroxyl groups is 1. The summed E-state index contributed by atoms with van der Waals surface area (Å²) in [6, 6.07) is -0.318. The number of rotatable bonds is 7. The minimum Gasteiger partial charge on any atom is -0.481 e. The Kier molecular flexibility index (Phi) is 6.07. The van der Waals surface area contributed by atoms with E-state index in [1.54, 1.807) is 7.11 Å². The number of hydrogen-bond acceptors (Lipinski definition) is 4. The third kappa shape index (κ3) is 4.27. The molecule has 3 N–H and O–H groups in total. The molecule has 6 heteroatoms. The fourth-order valence-corrected chi connectivity index (χ4v) is 2.23. The van der Waals surface area contributed by atoms with Crippen LogP contribution in [0, 0.1) is 11.8 Å². The van der Waals surface area contributed by atoms with Crippen molar-refractivity contribution in [3.05, 3.63) is 0 Å². The number of hydrogen-bond donors (Lipinski definition) is 3. The number of carboxylic acid groups (broad SMARTS) is 1. The van der Waals surface area contributed by atoms with Gasteiger partial charge in [0.2, 0.25) is 5.91 Å². The maximum absolute atomic E-state index is 11.9. The second-order valence-electron chi connectivity index (χ2n) is 4.71. The van der Waals surface area contributed by atoms with Crippen LogP contribution in [0.25, 0.3) is 0 Å². The molecule has 0 bridgehead atoms. The van der Waals surface area contributed by atoms with Crippen molar-refractivity contribution in [2.75, 3.05) is 20.3 Å². The summed E-state index contributed by atoms with van der Waals surface area (Å²) in [5.41, 5.74) is 0. The van der Waals surface area contributed by atoms with Crippen molar-refractivity contribution < 1.29 is 24.5 Å². The van der Waals surface area contributed by atoms with E-state index in [2.05, 4.69) is 5.32 Å². The zero-order chi connectivity index (χ0) is 13.5. The third-order valence-corrected chi connectivity index (χ3v) is 3.39. The minimum atomic E-state index is -0.830. The zero-order valence-electron chi connectivity index (χ0n) is 10.6. The Balaban J connectivity index is 2.38. The van der Waals surface area contributed by atoms with Crippen LogP contribution in [-0.4, -0.2) is 48.5 Å². The van der Waals surface area contributed by atoms with E-state index in [0.717, 1.165) is 0 Å². The molecule has 0 aliphatic heterocycles. The van der Waals surface area contributed by atoms with Crippen LogP contribution in [0.2, 0.25) is 0 Å². The minimum absolute atomic E-state index is 0.135. The number of ether oxygens (including phenoxy) is 1. The molecular weight excluding hydrogens is 238 g/mol. The summed E-state index contributed by atoms with van der Waals surface area (Å²) in [4.78, 5) is 22.7. The SMILES string of the molecule is COCCC(CO)NC(=O)[C@@H]1CC[C@H](C(=O)O)C1. The van der Waals surface area contributed by atoms with Gasteiger partial charge in [0.15, 0.2) is 0 Å². The smallest absolute Gasteiger partial charge is 0.306 e. The molecule has 6 nitrogen and oxygen atoms in total. The monoisotopic (exact) mass is 259 g/mol. The molecule has 0 heterocycles. The summed E-state index contributed by atoms with van der Waals surface area (Å²) < 4.78 is 4.89. The molecule has 1 unspecified atom stereocenters. The van der Waals surface area contributed by atoms with E-state index >= 15 is 0 Å². The lowest BCUT2D eigenvalue weighted by atomic mass is 10.0. The highest BCUT2D eigenvalue weighted by Gasteiger charge is 2.34. The normalized spacial score (nSPS) is 24.8. The molecule has 1 aliphatic carbocycles. The molecule has 1 fully saturated rings. The van der Waals surface area contributed by atoms with Gasteiger partial charge in [-0.3, -0.25) is 9.59 Å². The maximum atomic E-state index is 11.9. The summed E-state index contributed by atoms with van der Waals surface area (Å²) in [6.45, 7) is 0.331. The standard InChI is InChI=1S/C12H21NO5/c1-18-5-4-10(7-14)13-11(15)8-2-3-9(6-8)12(16)17/h8-10,14H,2-7H2,1H3,(H,13,15)(H,16,17)/t8-,9+,10?/m1/s1. The number of aliphatic hydroxyl groups excluding tert-OH is 1. The molecule has 0 aromatic carbocycles. The van der Waals surface area contributed by atoms with E-state index in [-0.39, 0.29) is 24.5 Å². The molecule has 104 valence electrons. The second-order valence-corrected chi connectivity index (χ2v) is 4.71. The van der Waals surface area contributed by atoms with Gasteiger partial charge in [0.05, 0.1) is 18.6 Å². The Bertz CT molecular complexity index is 294. The third-order valence-electron chi connectivity index (χ3n) is 3.39. The van der Waals surface area contributed by atoms with Crippen LogP contribution >= 0.6 is 0 Å². The van der Waals surface area contributed by atoms with E-state index in [9.17, 15) is 9.59 Å². The van der Waals surface area contributed by atoms with E-state index in [0.29, 0.717) is 32.3 Å². The quantitative estimate of drug-likeness (QED) is 0.598. The molecular formula is C12H21NO5. The fourth-order valence-electron chi connectivity index (χ4n) is 2.23. The van der Waals surface area contributed by atoms with E-state index in [1.807, 2.05) is 0 Å². The first-order valence-electron chi connectivity index (χ1n) is 6.21. The lowest BCUT2D eigenvalue weighted by molar-refractivity contribution is -0.141. The number of carbonyl (C=O) groups excluding carboxylic acids is 1. The highest BCUT2D eigenvalue weighted by Crippen LogP contribution is 2.31. The molecule has 0 radical (unpaired) electrons. The van der Waals surface area contributed by atoms with Gasteiger partial charge in [-0.15, -0.1) is 0 Å². The van der Waals surface area contributed by atoms with E-state index in [1.165, 1.54) is 0 Å². The summed E-state index contributed by atoms with van der Waals surface area (Å²) >= 11 is 0. The van der Waals surface area contributed by atoms with Gasteiger partial charge in [-0.05, 0) is 25.7 Å². The number of nitrogens with one attached hydrogen (secondary N) is 1. The van der Waals surface area contributed by atoms with Crippen molar-refractivity contribution in [2.24, 2.45) is 11.8 Å². The Morgan fingerprint density at radius 2 is 2.06 bits per heavy atom. The number of methoxy groups -OCH3 is 1. The van der Waals surface area contributed by atoms with E-state index in [4.69, 9.17) is 14.9 Å². The molecule has 1 saturated carbocycles. The van der Waals surface area contributed by atoms with Gasteiger partial charge in [0, 0.05) is 19.6 Å². The highest BCUT2D eigenvalue weighted by molar-refractivity contribution is 5.81. The molecule has 1 rings (SSSR count). The predicted octanol–water partition coefficient (Wildman–Crippen LogP) is 0.000900. The number of aliphatic carboxylic acids is 1. The largest absolute Gasteiger partial charge is 0.481 e. The van der Waals surface area contributed by atoms with Crippen LogP contribution in [0.3, 0.4) is 0 Å². The van der Waals surface area contributed by atoms with Crippen molar-refractivity contribution in [1.82, 2.24) is 5.32 Å². The van der Waals surface area contributed by atoms with Crippen molar-refractivity contribution in [2.45, 2.75) is 31.7 Å². The van der Waals surface area contributed by atoms with Crippen LogP contribution in [0.1, 0.15) is 25.7 Å². The van der Waals surface area contributed by atoms with Crippen molar-refractivity contribution in [3.8, 4) is 0 Å². The summed E-state index contributed by atoms with van der Waals surface area (Å²) in [7, 11) is 1.56. The van der Waals surface area contributed by atoms with Crippen molar-refractivity contribution in [3.63, 3.8) is 0 Å². The molecule has 3 atom stereocenters. The summed E-state index contributed by atoms with van der Waals surface area (Å²) in [6.07, 6.45) is 2.10. The van der Waals surface area contributed by atoms with Gasteiger partial charge in [-0.25, -0.2) is 0 Å². The molecule has 0 spiro atoms. The molecule has 1 amide bonds. The van der Waals surface area contributed by atoms with Crippen LogP contribution < -0.4 is 5.32 Å². The molecule has 18 heavy (non-hydrogen) atoms. The molecule has 0 aromatic rings. The zero-order valence-corrected chi connectivity index (χ0v) is 10.6. The molecule has 1 aliphatic rings. The van der Waals surface area contributed by atoms with Crippen LogP contribution in [0.5, 0.6) is 0 Å².